The highest BCUT2D eigenvalue weighted by Crippen LogP contribution is 2.34. The van der Waals surface area contributed by atoms with E-state index in [1.165, 1.54) is 6.07 Å². The van der Waals surface area contributed by atoms with Gasteiger partial charge in [-0.2, -0.15) is 0 Å². The van der Waals surface area contributed by atoms with Gasteiger partial charge in [0.05, 0.1) is 11.8 Å². The third kappa shape index (κ3) is 4.04. The molecule has 0 fully saturated rings. The molecule has 0 aliphatic heterocycles. The van der Waals surface area contributed by atoms with E-state index in [-0.39, 0.29) is 11.8 Å². The number of phenols is 1. The van der Waals surface area contributed by atoms with Gasteiger partial charge in [0.25, 0.3) is 0 Å². The number of nitrogens with two attached hydrogens (primary N) is 1. The fraction of sp³-hybridized carbons (Fsp3) is 0.182. The van der Waals surface area contributed by atoms with Crippen molar-refractivity contribution in [2.75, 3.05) is 11.9 Å². The number of aromatic hydroxyl groups is 1. The number of furan rings is 1. The molecule has 7 heteroatoms. The van der Waals surface area contributed by atoms with Gasteiger partial charge in [0.1, 0.15) is 17.2 Å². The Labute approximate surface area is 173 Å². The van der Waals surface area contributed by atoms with Crippen LogP contribution in [0.2, 0.25) is 5.02 Å². The van der Waals surface area contributed by atoms with E-state index in [0.717, 1.165) is 28.5 Å². The predicted molar refractivity (Wildman–Crippen MR) is 116 cm³/mol. The predicted octanol–water partition coefficient (Wildman–Crippen LogP) is 5.07. The maximum absolute atomic E-state index is 10.2. The zero-order valence-electron chi connectivity index (χ0n) is 15.9. The summed E-state index contributed by atoms with van der Waals surface area (Å²) in [5, 5.41) is 15.1. The second-order valence-electron chi connectivity index (χ2n) is 6.84. The van der Waals surface area contributed by atoms with Crippen molar-refractivity contribution in [1.82, 2.24) is 9.97 Å². The van der Waals surface area contributed by atoms with Gasteiger partial charge in [-0.15, -0.1) is 0 Å². The Bertz CT molecular complexity index is 1160. The fourth-order valence-electron chi connectivity index (χ4n) is 3.05. The van der Waals surface area contributed by atoms with Crippen molar-refractivity contribution in [3.05, 3.63) is 59.9 Å². The zero-order valence-corrected chi connectivity index (χ0v) is 16.6. The minimum atomic E-state index is -0.00260. The minimum Gasteiger partial charge on any atom is -0.507 e. The van der Waals surface area contributed by atoms with Crippen LogP contribution in [0.5, 0.6) is 5.75 Å². The van der Waals surface area contributed by atoms with Crippen LogP contribution in [-0.4, -0.2) is 27.7 Å². The number of benzene rings is 2. The summed E-state index contributed by atoms with van der Waals surface area (Å²) in [4.78, 5) is 9.15. The summed E-state index contributed by atoms with van der Waals surface area (Å²) in [6, 6.07) is 12.6. The van der Waals surface area contributed by atoms with Crippen molar-refractivity contribution in [3.63, 3.8) is 0 Å². The molecule has 4 rings (SSSR count). The highest BCUT2D eigenvalue weighted by atomic mass is 35.5. The van der Waals surface area contributed by atoms with Gasteiger partial charge < -0.3 is 20.6 Å². The number of halogens is 1. The molecule has 0 saturated carbocycles. The van der Waals surface area contributed by atoms with Crippen molar-refractivity contribution < 1.29 is 9.52 Å². The first-order valence-corrected chi connectivity index (χ1v) is 9.76. The molecule has 2 aromatic carbocycles. The number of nitrogens with zero attached hydrogens (tertiary/aromatic N) is 2. The maximum Gasteiger partial charge on any atom is 0.165 e. The van der Waals surface area contributed by atoms with E-state index < -0.39 is 0 Å². The molecule has 0 radical (unpaired) electrons. The van der Waals surface area contributed by atoms with E-state index in [1.54, 1.807) is 24.6 Å². The second-order valence-corrected chi connectivity index (χ2v) is 7.28. The summed E-state index contributed by atoms with van der Waals surface area (Å²) in [5.41, 5.74) is 9.16. The Morgan fingerprint density at radius 3 is 2.86 bits per heavy atom. The van der Waals surface area contributed by atoms with Gasteiger partial charge in [0, 0.05) is 34.8 Å². The molecule has 0 unspecified atom stereocenters. The van der Waals surface area contributed by atoms with Gasteiger partial charge in [-0.1, -0.05) is 24.6 Å². The van der Waals surface area contributed by atoms with Crippen molar-refractivity contribution >= 4 is 28.4 Å². The van der Waals surface area contributed by atoms with Crippen molar-refractivity contribution in [1.29, 1.82) is 0 Å². The average Bonchev–Trinajstić information content (AvgIpc) is 3.21. The number of aromatic nitrogens is 2. The lowest BCUT2D eigenvalue weighted by atomic mass is 10.1. The van der Waals surface area contributed by atoms with Gasteiger partial charge in [0.15, 0.2) is 5.82 Å². The molecule has 0 spiro atoms. The lowest BCUT2D eigenvalue weighted by Crippen LogP contribution is -2.28. The van der Waals surface area contributed by atoms with Crippen LogP contribution in [0.25, 0.3) is 33.5 Å². The third-order valence-corrected chi connectivity index (χ3v) is 5.04. The Hall–Kier alpha value is -3.09. The molecule has 0 amide bonds. The molecule has 0 aliphatic rings. The molecule has 148 valence electrons. The van der Waals surface area contributed by atoms with Crippen molar-refractivity contribution in [3.8, 4) is 28.3 Å². The second kappa shape index (κ2) is 8.11. The first-order chi connectivity index (χ1) is 14.0. The average molecular weight is 409 g/mol. The number of hydrogen-bond donors (Lipinski definition) is 3. The molecule has 0 saturated heterocycles. The molecular formula is C22H21ClN4O2. The minimum absolute atomic E-state index is 0.00260. The molecule has 0 bridgehead atoms. The highest BCUT2D eigenvalue weighted by molar-refractivity contribution is 6.30. The van der Waals surface area contributed by atoms with Crippen LogP contribution < -0.4 is 11.1 Å². The number of anilines is 1. The molecular weight excluding hydrogens is 388 g/mol. The first kappa shape index (κ1) is 19.2. The van der Waals surface area contributed by atoms with Crippen molar-refractivity contribution in [2.24, 2.45) is 5.73 Å². The summed E-state index contributed by atoms with van der Waals surface area (Å²) < 4.78 is 5.43. The molecule has 29 heavy (non-hydrogen) atoms. The van der Waals surface area contributed by atoms with Gasteiger partial charge in [-0.25, -0.2) is 9.97 Å². The third-order valence-electron chi connectivity index (χ3n) is 4.81. The molecule has 4 N–H and O–H groups in total. The molecule has 2 heterocycles. The van der Waals surface area contributed by atoms with E-state index in [1.807, 2.05) is 31.2 Å². The van der Waals surface area contributed by atoms with Gasteiger partial charge in [-0.3, -0.25) is 0 Å². The Morgan fingerprint density at radius 1 is 1.17 bits per heavy atom. The largest absolute Gasteiger partial charge is 0.507 e. The smallest absolute Gasteiger partial charge is 0.165 e. The van der Waals surface area contributed by atoms with E-state index in [0.29, 0.717) is 28.8 Å². The summed E-state index contributed by atoms with van der Waals surface area (Å²) in [6.07, 6.45) is 4.25. The van der Waals surface area contributed by atoms with Gasteiger partial charge in [-0.05, 0) is 48.4 Å². The van der Waals surface area contributed by atoms with Crippen LogP contribution in [0.4, 0.5) is 5.82 Å². The number of rotatable bonds is 6. The van der Waals surface area contributed by atoms with Crippen LogP contribution >= 0.6 is 11.6 Å². The lowest BCUT2D eigenvalue weighted by Gasteiger charge is -2.15. The van der Waals surface area contributed by atoms with Crippen LogP contribution in [0.1, 0.15) is 13.3 Å². The zero-order chi connectivity index (χ0) is 20.4. The SMILES string of the molecule is CC[C@H](N)CNc1nc(-c2cc(Cl)ccc2O)ncc1-c1ccc2occc2c1. The van der Waals surface area contributed by atoms with Crippen LogP contribution in [0, 0.1) is 0 Å². The van der Waals surface area contributed by atoms with Crippen LogP contribution in [0.3, 0.4) is 0 Å². The monoisotopic (exact) mass is 408 g/mol. The lowest BCUT2D eigenvalue weighted by molar-refractivity contribution is 0.477. The van der Waals surface area contributed by atoms with Gasteiger partial charge in [0.2, 0.25) is 0 Å². The quantitative estimate of drug-likeness (QED) is 0.412. The molecule has 1 atom stereocenters. The summed E-state index contributed by atoms with van der Waals surface area (Å²) in [5.74, 6) is 1.09. The van der Waals surface area contributed by atoms with Crippen LogP contribution in [0.15, 0.2) is 59.3 Å². The topological polar surface area (TPSA) is 97.2 Å². The maximum atomic E-state index is 10.2. The Balaban J connectivity index is 1.80. The highest BCUT2D eigenvalue weighted by Gasteiger charge is 2.15. The Kier molecular flexibility index (Phi) is 5.38. The van der Waals surface area contributed by atoms with E-state index in [4.69, 9.17) is 21.8 Å². The fourth-order valence-corrected chi connectivity index (χ4v) is 3.22. The number of nitrogens with one attached hydrogen (secondary N) is 1. The molecule has 2 aromatic heterocycles. The molecule has 0 aliphatic carbocycles. The van der Waals surface area contributed by atoms with E-state index in [9.17, 15) is 5.11 Å². The van der Waals surface area contributed by atoms with Crippen LogP contribution in [-0.2, 0) is 0 Å². The van der Waals surface area contributed by atoms with Gasteiger partial charge >= 0.3 is 0 Å². The summed E-state index contributed by atoms with van der Waals surface area (Å²) in [7, 11) is 0. The molecule has 6 nitrogen and oxygen atoms in total. The molecule has 4 aromatic rings. The number of fused-ring (bicyclic) bond motifs is 1. The number of hydrogen-bond acceptors (Lipinski definition) is 6. The first-order valence-electron chi connectivity index (χ1n) is 9.38. The summed E-state index contributed by atoms with van der Waals surface area (Å²) in [6.45, 7) is 2.60. The summed E-state index contributed by atoms with van der Waals surface area (Å²) >= 11 is 6.09. The standard InChI is InChI=1S/C22H21ClN4O2/c1-2-16(24)11-25-22-18(13-3-6-20-14(9-13)7-8-29-20)12-26-21(27-22)17-10-15(23)4-5-19(17)28/h3-10,12,16,28H,2,11,24H2,1H3,(H,25,26,27)/t16-/m0/s1. The van der Waals surface area contributed by atoms with E-state index in [2.05, 4.69) is 15.3 Å². The normalized spacial score (nSPS) is 12.2. The Morgan fingerprint density at radius 2 is 2.03 bits per heavy atom. The number of phenolic OH excluding ortho intramolecular Hbond substituents is 1. The van der Waals surface area contributed by atoms with Crippen molar-refractivity contribution in [2.45, 2.75) is 19.4 Å². The van der Waals surface area contributed by atoms with E-state index >= 15 is 0 Å².